The van der Waals surface area contributed by atoms with Gasteiger partial charge >= 0.3 is 12.1 Å². The van der Waals surface area contributed by atoms with Crippen molar-refractivity contribution < 1.29 is 36.7 Å². The summed E-state index contributed by atoms with van der Waals surface area (Å²) in [5, 5.41) is 1.73. The van der Waals surface area contributed by atoms with Crippen LogP contribution in [0.25, 0.3) is 0 Å². The van der Waals surface area contributed by atoms with Gasteiger partial charge < -0.3 is 10.1 Å². The fourth-order valence-electron chi connectivity index (χ4n) is 2.21. The first-order chi connectivity index (χ1) is 14.1. The first-order valence-electron chi connectivity index (χ1n) is 8.60. The second kappa shape index (κ2) is 10.2. The lowest BCUT2D eigenvalue weighted by Crippen LogP contribution is -2.23. The summed E-state index contributed by atoms with van der Waals surface area (Å²) >= 11 is 0.948. The third-order valence-corrected chi connectivity index (χ3v) is 4.90. The zero-order valence-corrected chi connectivity index (χ0v) is 16.5. The number of benzene rings is 2. The van der Waals surface area contributed by atoms with E-state index >= 15 is 0 Å². The minimum atomic E-state index is -4.59. The number of hydrogen-bond donors (Lipinski definition) is 1. The molecule has 0 fully saturated rings. The van der Waals surface area contributed by atoms with Crippen LogP contribution >= 0.6 is 11.8 Å². The smallest absolute Gasteiger partial charge is 0.416 e. The van der Waals surface area contributed by atoms with Crippen LogP contribution < -0.4 is 5.32 Å². The van der Waals surface area contributed by atoms with Crippen LogP contribution in [0.1, 0.15) is 22.8 Å². The summed E-state index contributed by atoms with van der Waals surface area (Å²) in [5.74, 6) is -2.53. The van der Waals surface area contributed by atoms with Crippen LogP contribution in [0.4, 0.5) is 23.2 Å². The molecule has 0 saturated carbocycles. The number of Topliss-reactive ketones (excluding diaryl/α,β-unsaturated/α-hetero) is 1. The number of esters is 1. The molecule has 5 nitrogen and oxygen atoms in total. The van der Waals surface area contributed by atoms with Gasteiger partial charge in [0.05, 0.1) is 11.3 Å². The molecule has 0 aliphatic rings. The Morgan fingerprint density at radius 1 is 1.10 bits per heavy atom. The number of nitrogens with one attached hydrogen (secondary N) is 1. The van der Waals surface area contributed by atoms with E-state index in [0.29, 0.717) is 11.8 Å². The molecule has 160 valence electrons. The number of alkyl halides is 3. The fraction of sp³-hybridized carbons (Fsp3) is 0.250. The Morgan fingerprint density at radius 2 is 1.77 bits per heavy atom. The van der Waals surface area contributed by atoms with E-state index in [1.165, 1.54) is 37.3 Å². The van der Waals surface area contributed by atoms with Crippen molar-refractivity contribution in [2.75, 3.05) is 17.7 Å². The average molecular weight is 443 g/mol. The molecule has 10 heteroatoms. The second-order valence-corrected chi connectivity index (χ2v) is 7.45. The van der Waals surface area contributed by atoms with Crippen LogP contribution in [-0.4, -0.2) is 35.3 Å². The van der Waals surface area contributed by atoms with Gasteiger partial charge in [-0.1, -0.05) is 12.1 Å². The Kier molecular flexibility index (Phi) is 7.99. The van der Waals surface area contributed by atoms with Crippen molar-refractivity contribution in [3.05, 3.63) is 65.5 Å². The van der Waals surface area contributed by atoms with E-state index in [2.05, 4.69) is 5.32 Å². The molecule has 2 rings (SSSR count). The van der Waals surface area contributed by atoms with Gasteiger partial charge in [0.1, 0.15) is 11.1 Å². The Morgan fingerprint density at radius 3 is 2.40 bits per heavy atom. The molecule has 0 aliphatic heterocycles. The number of ketones is 1. The molecule has 2 aromatic carbocycles. The van der Waals surface area contributed by atoms with E-state index < -0.39 is 47.1 Å². The molecule has 0 radical (unpaired) electrons. The minimum absolute atomic E-state index is 0.102. The Labute approximate surface area is 173 Å². The predicted molar refractivity (Wildman–Crippen MR) is 104 cm³/mol. The number of rotatable bonds is 8. The molecule has 0 aliphatic carbocycles. The maximum atomic E-state index is 12.8. The molecule has 0 saturated heterocycles. The Bertz CT molecular complexity index is 916. The second-order valence-electron chi connectivity index (χ2n) is 6.12. The lowest BCUT2D eigenvalue weighted by atomic mass is 10.1. The highest BCUT2D eigenvalue weighted by atomic mass is 32.2. The number of thioether (sulfide) groups is 1. The largest absolute Gasteiger partial charge is 0.456 e. The van der Waals surface area contributed by atoms with E-state index in [1.54, 1.807) is 0 Å². The average Bonchev–Trinajstić information content (AvgIpc) is 2.71. The topological polar surface area (TPSA) is 72.5 Å². The number of ether oxygens (including phenoxy) is 1. The Balaban J connectivity index is 1.79. The van der Waals surface area contributed by atoms with Crippen molar-refractivity contribution in [2.45, 2.75) is 18.3 Å². The van der Waals surface area contributed by atoms with E-state index in [9.17, 15) is 31.9 Å². The maximum Gasteiger partial charge on any atom is 0.416 e. The van der Waals surface area contributed by atoms with Gasteiger partial charge in [0.15, 0.2) is 12.4 Å². The summed E-state index contributed by atoms with van der Waals surface area (Å²) in [6.45, 7) is 0.750. The molecule has 0 bridgehead atoms. The zero-order valence-electron chi connectivity index (χ0n) is 15.7. The lowest BCUT2D eigenvalue weighted by molar-refractivity contribution is -0.141. The molecule has 0 spiro atoms. The maximum absolute atomic E-state index is 12.8. The van der Waals surface area contributed by atoms with E-state index in [1.807, 2.05) is 0 Å². The van der Waals surface area contributed by atoms with Gasteiger partial charge in [-0.2, -0.15) is 13.2 Å². The van der Waals surface area contributed by atoms with Crippen molar-refractivity contribution in [3.63, 3.8) is 0 Å². The number of carbonyl (C=O) groups is 3. The molecule has 1 N–H and O–H groups in total. The van der Waals surface area contributed by atoms with Crippen molar-refractivity contribution in [1.82, 2.24) is 0 Å². The van der Waals surface area contributed by atoms with Gasteiger partial charge in [-0.25, -0.2) is 4.39 Å². The molecule has 0 aromatic heterocycles. The number of carbonyl (C=O) groups excluding carboxylic acids is 3. The molecule has 2 aromatic rings. The van der Waals surface area contributed by atoms with Gasteiger partial charge in [-0.05, 0) is 43.3 Å². The number of hydrogen-bond acceptors (Lipinski definition) is 5. The third kappa shape index (κ3) is 7.18. The molecule has 0 heterocycles. The fourth-order valence-corrected chi connectivity index (χ4v) is 2.88. The van der Waals surface area contributed by atoms with Gasteiger partial charge in [-0.15, -0.1) is 11.8 Å². The monoisotopic (exact) mass is 443 g/mol. The molecule has 1 unspecified atom stereocenters. The minimum Gasteiger partial charge on any atom is -0.456 e. The number of amides is 1. The predicted octanol–water partition coefficient (Wildman–Crippen LogP) is 4.33. The zero-order chi connectivity index (χ0) is 22.3. The van der Waals surface area contributed by atoms with Gasteiger partial charge in [0.2, 0.25) is 5.91 Å². The third-order valence-electron chi connectivity index (χ3n) is 3.78. The number of halogens is 4. The van der Waals surface area contributed by atoms with Gasteiger partial charge in [0, 0.05) is 11.3 Å². The van der Waals surface area contributed by atoms with Crippen molar-refractivity contribution in [1.29, 1.82) is 0 Å². The van der Waals surface area contributed by atoms with E-state index in [4.69, 9.17) is 4.74 Å². The molecule has 30 heavy (non-hydrogen) atoms. The van der Waals surface area contributed by atoms with Crippen LogP contribution in [0.3, 0.4) is 0 Å². The van der Waals surface area contributed by atoms with Crippen molar-refractivity contribution in [3.8, 4) is 0 Å². The summed E-state index contributed by atoms with van der Waals surface area (Å²) in [4.78, 5) is 35.8. The highest BCUT2D eigenvalue weighted by molar-refractivity contribution is 8.01. The summed E-state index contributed by atoms with van der Waals surface area (Å²) in [7, 11) is 0. The molecule has 1 amide bonds. The standard InChI is InChI=1S/C20H17F4NO4S/c1-12(30-11-18(27)25-16-7-5-15(21)6-8-16)19(28)29-10-17(26)13-3-2-4-14(9-13)20(22,23)24/h2-9,12H,10-11H2,1H3,(H,25,27). The van der Waals surface area contributed by atoms with Crippen molar-refractivity contribution >= 4 is 35.1 Å². The van der Waals surface area contributed by atoms with Gasteiger partial charge in [0.25, 0.3) is 0 Å². The summed E-state index contributed by atoms with van der Waals surface area (Å²) in [5.41, 5.74) is -0.809. The lowest BCUT2D eigenvalue weighted by Gasteiger charge is -2.12. The highest BCUT2D eigenvalue weighted by Gasteiger charge is 2.31. The van der Waals surface area contributed by atoms with E-state index in [-0.39, 0.29) is 11.3 Å². The van der Waals surface area contributed by atoms with Crippen LogP contribution in [0.5, 0.6) is 0 Å². The summed E-state index contributed by atoms with van der Waals surface area (Å²) in [6, 6.07) is 8.95. The first kappa shape index (κ1) is 23.4. The van der Waals surface area contributed by atoms with Crippen LogP contribution in [0, 0.1) is 5.82 Å². The Hall–Kier alpha value is -2.88. The van der Waals surface area contributed by atoms with E-state index in [0.717, 1.165) is 23.9 Å². The number of anilines is 1. The molecule has 1 atom stereocenters. The van der Waals surface area contributed by atoms with Crippen LogP contribution in [-0.2, 0) is 20.5 Å². The van der Waals surface area contributed by atoms with Crippen LogP contribution in [0.15, 0.2) is 48.5 Å². The summed E-state index contributed by atoms with van der Waals surface area (Å²) in [6.07, 6.45) is -4.59. The highest BCUT2D eigenvalue weighted by Crippen LogP contribution is 2.29. The SMILES string of the molecule is CC(SCC(=O)Nc1ccc(F)cc1)C(=O)OCC(=O)c1cccc(C(F)(F)F)c1. The normalized spacial score (nSPS) is 12.2. The molecular formula is C20H17F4NO4S. The van der Waals surface area contributed by atoms with Crippen molar-refractivity contribution in [2.24, 2.45) is 0 Å². The van der Waals surface area contributed by atoms with Gasteiger partial charge in [-0.3, -0.25) is 14.4 Å². The first-order valence-corrected chi connectivity index (χ1v) is 9.65. The van der Waals surface area contributed by atoms with Crippen LogP contribution in [0.2, 0.25) is 0 Å². The molecular weight excluding hydrogens is 426 g/mol. The summed E-state index contributed by atoms with van der Waals surface area (Å²) < 4.78 is 55.8. The quantitative estimate of drug-likeness (QED) is 0.374.